The number of aldehydes is 1. The van der Waals surface area contributed by atoms with Crippen LogP contribution in [0.2, 0.25) is 0 Å². The van der Waals surface area contributed by atoms with Crippen LogP contribution in [0.15, 0.2) is 0 Å². The normalized spacial score (nSPS) is 13.2. The van der Waals surface area contributed by atoms with E-state index in [2.05, 4.69) is 0 Å². The Labute approximate surface area is 49.5 Å². The fourth-order valence-electron chi connectivity index (χ4n) is 0.562. The van der Waals surface area contributed by atoms with Gasteiger partial charge in [0.2, 0.25) is 0 Å². The summed E-state index contributed by atoms with van der Waals surface area (Å²) in [6.45, 7) is 1.98. The predicted molar refractivity (Wildman–Crippen MR) is 31.6 cm³/mol. The number of rotatable bonds is 4. The first-order valence-electron chi connectivity index (χ1n) is 2.93. The lowest BCUT2D eigenvalue weighted by atomic mass is 10.2. The van der Waals surface area contributed by atoms with E-state index in [0.29, 0.717) is 0 Å². The summed E-state index contributed by atoms with van der Waals surface area (Å²) in [7, 11) is 0. The van der Waals surface area contributed by atoms with Crippen molar-refractivity contribution in [1.29, 1.82) is 0 Å². The maximum atomic E-state index is 9.73. The molecule has 48 valence electrons. The molecule has 0 aliphatic carbocycles. The summed E-state index contributed by atoms with van der Waals surface area (Å²) in [4.78, 5) is 9.73. The van der Waals surface area contributed by atoms with Crippen molar-refractivity contribution < 1.29 is 9.90 Å². The van der Waals surface area contributed by atoms with Crippen LogP contribution in [-0.4, -0.2) is 17.5 Å². The summed E-state index contributed by atoms with van der Waals surface area (Å²) in [6.07, 6.45) is 2.31. The minimum absolute atomic E-state index is 0.286. The second-order valence-electron chi connectivity index (χ2n) is 1.84. The second kappa shape index (κ2) is 4.78. The standard InChI is InChI=1S/C6H12O2/c1-2-3-6(8)4-5-7/h5-6,8H,2-4H2,1H3/t6-/m1/s1. The van der Waals surface area contributed by atoms with Crippen molar-refractivity contribution in [3.8, 4) is 0 Å². The van der Waals surface area contributed by atoms with Gasteiger partial charge < -0.3 is 9.90 Å². The zero-order chi connectivity index (χ0) is 6.41. The van der Waals surface area contributed by atoms with Crippen molar-refractivity contribution >= 4 is 6.29 Å². The lowest BCUT2D eigenvalue weighted by molar-refractivity contribution is -0.109. The van der Waals surface area contributed by atoms with Crippen molar-refractivity contribution in [2.75, 3.05) is 0 Å². The van der Waals surface area contributed by atoms with Crippen LogP contribution in [0.4, 0.5) is 0 Å². The summed E-state index contributed by atoms with van der Waals surface area (Å²) in [5, 5.41) is 8.82. The lowest BCUT2D eigenvalue weighted by Crippen LogP contribution is -2.05. The molecule has 0 aromatic carbocycles. The van der Waals surface area contributed by atoms with Gasteiger partial charge in [0.25, 0.3) is 0 Å². The highest BCUT2D eigenvalue weighted by molar-refractivity contribution is 5.49. The van der Waals surface area contributed by atoms with Crippen molar-refractivity contribution in [1.82, 2.24) is 0 Å². The minimum atomic E-state index is -0.405. The Balaban J connectivity index is 3.03. The van der Waals surface area contributed by atoms with Crippen molar-refractivity contribution in [3.63, 3.8) is 0 Å². The lowest BCUT2D eigenvalue weighted by Gasteiger charge is -2.01. The number of carbonyl (C=O) groups excluding carboxylic acids is 1. The monoisotopic (exact) mass is 116 g/mol. The molecule has 0 fully saturated rings. The van der Waals surface area contributed by atoms with Gasteiger partial charge in [-0.25, -0.2) is 0 Å². The van der Waals surface area contributed by atoms with Gasteiger partial charge >= 0.3 is 0 Å². The molecule has 0 unspecified atom stereocenters. The largest absolute Gasteiger partial charge is 0.393 e. The molecule has 2 heteroatoms. The molecule has 1 N–H and O–H groups in total. The fourth-order valence-corrected chi connectivity index (χ4v) is 0.562. The molecule has 0 amide bonds. The topological polar surface area (TPSA) is 37.3 Å². The van der Waals surface area contributed by atoms with E-state index < -0.39 is 6.10 Å². The number of carbonyl (C=O) groups is 1. The van der Waals surface area contributed by atoms with Crippen LogP contribution in [0, 0.1) is 0 Å². The van der Waals surface area contributed by atoms with Crippen molar-refractivity contribution in [3.05, 3.63) is 0 Å². The molecule has 0 radical (unpaired) electrons. The molecule has 0 aromatic heterocycles. The molecule has 0 spiro atoms. The average molecular weight is 116 g/mol. The molecule has 0 bridgehead atoms. The van der Waals surface area contributed by atoms with Crippen molar-refractivity contribution in [2.24, 2.45) is 0 Å². The highest BCUT2D eigenvalue weighted by Gasteiger charge is 1.98. The van der Waals surface area contributed by atoms with Gasteiger partial charge in [-0.3, -0.25) is 0 Å². The van der Waals surface area contributed by atoms with Crippen LogP contribution in [0.3, 0.4) is 0 Å². The first kappa shape index (κ1) is 7.63. The number of aliphatic hydroxyl groups excluding tert-OH is 1. The number of aliphatic hydroxyl groups is 1. The molecule has 0 saturated carbocycles. The van der Waals surface area contributed by atoms with E-state index >= 15 is 0 Å². The van der Waals surface area contributed by atoms with Crippen molar-refractivity contribution in [2.45, 2.75) is 32.3 Å². The van der Waals surface area contributed by atoms with E-state index in [1.807, 2.05) is 6.92 Å². The average Bonchev–Trinajstić information content (AvgIpc) is 1.68. The van der Waals surface area contributed by atoms with Crippen LogP contribution in [0.5, 0.6) is 0 Å². The van der Waals surface area contributed by atoms with Crippen LogP contribution in [0.25, 0.3) is 0 Å². The Bertz CT molecular complexity index is 61.5. The first-order chi connectivity index (χ1) is 3.81. The summed E-state index contributed by atoms with van der Waals surface area (Å²) in [5.41, 5.74) is 0. The van der Waals surface area contributed by atoms with Crippen LogP contribution in [-0.2, 0) is 4.79 Å². The Morgan fingerprint density at radius 3 is 2.75 bits per heavy atom. The molecule has 2 nitrogen and oxygen atoms in total. The van der Waals surface area contributed by atoms with Gasteiger partial charge in [0, 0.05) is 6.42 Å². The SMILES string of the molecule is CCC[C@@H](O)CC=O. The van der Waals surface area contributed by atoms with Gasteiger partial charge in [0.1, 0.15) is 6.29 Å². The van der Waals surface area contributed by atoms with Gasteiger partial charge in [-0.1, -0.05) is 13.3 Å². The molecule has 8 heavy (non-hydrogen) atoms. The van der Waals surface area contributed by atoms with Gasteiger partial charge in [0.15, 0.2) is 0 Å². The Morgan fingerprint density at radius 1 is 1.75 bits per heavy atom. The molecular weight excluding hydrogens is 104 g/mol. The quantitative estimate of drug-likeness (QED) is 0.550. The molecule has 0 aromatic rings. The number of hydrogen-bond donors (Lipinski definition) is 1. The molecule has 0 aliphatic rings. The first-order valence-corrected chi connectivity index (χ1v) is 2.93. The third kappa shape index (κ3) is 3.81. The van der Waals surface area contributed by atoms with Gasteiger partial charge in [-0.15, -0.1) is 0 Å². The highest BCUT2D eigenvalue weighted by Crippen LogP contribution is 1.97. The molecule has 0 heterocycles. The number of hydrogen-bond acceptors (Lipinski definition) is 2. The molecule has 1 atom stereocenters. The maximum absolute atomic E-state index is 9.73. The van der Waals surface area contributed by atoms with Crippen LogP contribution in [0.1, 0.15) is 26.2 Å². The maximum Gasteiger partial charge on any atom is 0.122 e. The summed E-state index contributed by atoms with van der Waals surface area (Å²) >= 11 is 0. The molecule has 0 rings (SSSR count). The van der Waals surface area contributed by atoms with E-state index in [0.717, 1.165) is 19.1 Å². The molecule has 0 aliphatic heterocycles. The summed E-state index contributed by atoms with van der Waals surface area (Å²) in [5.74, 6) is 0. The third-order valence-electron chi connectivity index (χ3n) is 0.990. The fraction of sp³-hybridized carbons (Fsp3) is 0.833. The minimum Gasteiger partial charge on any atom is -0.393 e. The van der Waals surface area contributed by atoms with Crippen LogP contribution >= 0.6 is 0 Å². The summed E-state index contributed by atoms with van der Waals surface area (Å²) < 4.78 is 0. The van der Waals surface area contributed by atoms with Gasteiger partial charge in [-0.2, -0.15) is 0 Å². The molecular formula is C6H12O2. The third-order valence-corrected chi connectivity index (χ3v) is 0.990. The molecule has 0 saturated heterocycles. The summed E-state index contributed by atoms with van der Waals surface area (Å²) in [6, 6.07) is 0. The zero-order valence-corrected chi connectivity index (χ0v) is 5.13. The second-order valence-corrected chi connectivity index (χ2v) is 1.84. The van der Waals surface area contributed by atoms with Gasteiger partial charge in [-0.05, 0) is 6.42 Å². The smallest absolute Gasteiger partial charge is 0.122 e. The highest BCUT2D eigenvalue weighted by atomic mass is 16.3. The van der Waals surface area contributed by atoms with E-state index in [1.54, 1.807) is 0 Å². The van der Waals surface area contributed by atoms with E-state index in [1.165, 1.54) is 0 Å². The van der Waals surface area contributed by atoms with Gasteiger partial charge in [0.05, 0.1) is 6.10 Å². The van der Waals surface area contributed by atoms with Crippen LogP contribution < -0.4 is 0 Å². The predicted octanol–water partition coefficient (Wildman–Crippen LogP) is 0.736. The van der Waals surface area contributed by atoms with E-state index in [-0.39, 0.29) is 6.42 Å². The van der Waals surface area contributed by atoms with E-state index in [9.17, 15) is 4.79 Å². The zero-order valence-electron chi connectivity index (χ0n) is 5.13. The Kier molecular flexibility index (Phi) is 4.56. The Hall–Kier alpha value is -0.370. The Morgan fingerprint density at radius 2 is 2.38 bits per heavy atom. The van der Waals surface area contributed by atoms with E-state index in [4.69, 9.17) is 5.11 Å².